The van der Waals surface area contributed by atoms with E-state index in [-0.39, 0.29) is 18.1 Å². The van der Waals surface area contributed by atoms with Crippen LogP contribution in [0.4, 0.5) is 4.79 Å². The van der Waals surface area contributed by atoms with Crippen LogP contribution >= 0.6 is 0 Å². The van der Waals surface area contributed by atoms with Crippen LogP contribution in [0.2, 0.25) is 0 Å². The van der Waals surface area contributed by atoms with Crippen LogP contribution in [0.25, 0.3) is 0 Å². The maximum atomic E-state index is 11.7. The molecule has 3 aliphatic rings. The molecule has 6 nitrogen and oxygen atoms in total. The highest BCUT2D eigenvalue weighted by atomic mass is 16.5. The predicted molar refractivity (Wildman–Crippen MR) is 144 cm³/mol. The third-order valence-electron chi connectivity index (χ3n) is 7.74. The number of hydrogen-bond acceptors (Lipinski definition) is 4. The van der Waals surface area contributed by atoms with E-state index in [1.54, 1.807) is 0 Å². The number of nitrogens with one attached hydrogen (secondary N) is 1. The van der Waals surface area contributed by atoms with Gasteiger partial charge in [0.15, 0.2) is 0 Å². The molecule has 204 valence electrons. The second kappa shape index (κ2) is 17.4. The largest absolute Gasteiger partial charge is 0.481 e. The number of carboxylic acids is 1. The van der Waals surface area contributed by atoms with Crippen LogP contribution in [-0.2, 0) is 16.1 Å². The summed E-state index contributed by atoms with van der Waals surface area (Å²) in [5.74, 6) is 1.31. The first-order valence-electron chi connectivity index (χ1n) is 14.2. The van der Waals surface area contributed by atoms with Crippen molar-refractivity contribution >= 4 is 12.1 Å². The van der Waals surface area contributed by atoms with E-state index in [9.17, 15) is 9.59 Å². The molecule has 0 aromatic heterocycles. The van der Waals surface area contributed by atoms with Gasteiger partial charge in [0, 0.05) is 12.6 Å². The molecule has 1 aromatic rings. The third kappa shape index (κ3) is 12.8. The predicted octanol–water partition coefficient (Wildman–Crippen LogP) is 6.95. The third-order valence-corrected chi connectivity index (χ3v) is 7.74. The van der Waals surface area contributed by atoms with Crippen molar-refractivity contribution in [2.24, 2.45) is 23.7 Å². The minimum atomic E-state index is -0.605. The van der Waals surface area contributed by atoms with Gasteiger partial charge in [-0.2, -0.15) is 0 Å². The fourth-order valence-corrected chi connectivity index (χ4v) is 5.52. The molecule has 3 aliphatic carbocycles. The summed E-state index contributed by atoms with van der Waals surface area (Å²) in [6, 6.07) is 10.0. The zero-order valence-electron chi connectivity index (χ0n) is 22.5. The van der Waals surface area contributed by atoms with Crippen molar-refractivity contribution in [3.05, 3.63) is 35.9 Å². The summed E-state index contributed by atoms with van der Waals surface area (Å²) in [6.07, 6.45) is 15.0. The van der Waals surface area contributed by atoms with Crippen LogP contribution in [-0.4, -0.2) is 34.9 Å². The minimum Gasteiger partial charge on any atom is -0.481 e. The quantitative estimate of drug-likeness (QED) is 0.404. The summed E-state index contributed by atoms with van der Waals surface area (Å²) in [5.41, 5.74) is 1.02. The second-order valence-corrected chi connectivity index (χ2v) is 11.2. The number of carboxylic acid groups (broad SMARTS) is 1. The normalized spacial score (nSPS) is 26.3. The van der Waals surface area contributed by atoms with Gasteiger partial charge in [0.2, 0.25) is 0 Å². The summed E-state index contributed by atoms with van der Waals surface area (Å²) in [5, 5.41) is 20.3. The highest BCUT2D eigenvalue weighted by Crippen LogP contribution is 2.28. The summed E-state index contributed by atoms with van der Waals surface area (Å²) in [6.45, 7) is 5.13. The Kier molecular flexibility index (Phi) is 14.6. The van der Waals surface area contributed by atoms with Gasteiger partial charge in [0.05, 0.1) is 5.92 Å². The number of aliphatic carboxylic acids is 1. The number of ether oxygens (including phenoxy) is 1. The second-order valence-electron chi connectivity index (χ2n) is 11.2. The Balaban J connectivity index is 0.000000213. The number of aliphatic hydroxyl groups excluding tert-OH is 1. The van der Waals surface area contributed by atoms with E-state index in [0.717, 1.165) is 37.7 Å². The summed E-state index contributed by atoms with van der Waals surface area (Å²) in [7, 11) is 0. The van der Waals surface area contributed by atoms with Crippen LogP contribution in [0.5, 0.6) is 0 Å². The molecule has 0 radical (unpaired) electrons. The van der Waals surface area contributed by atoms with Crippen molar-refractivity contribution in [1.29, 1.82) is 0 Å². The number of aliphatic hydroxyl groups is 1. The van der Waals surface area contributed by atoms with E-state index in [2.05, 4.69) is 19.2 Å². The number of benzene rings is 1. The van der Waals surface area contributed by atoms with E-state index in [0.29, 0.717) is 31.0 Å². The number of alkyl carbamates (subject to hydrolysis) is 1. The molecule has 0 bridgehead atoms. The standard InChI is InChI=1S/C15H21NO2.C8H14O2.C7H14O/c1-12-6-5-9-14(10-12)16-15(17)18-11-13-7-3-2-4-8-13;1-6-3-2-4-7(5-6)8(9)10;8-6-7-4-2-1-3-5-7/h2-4,7-8,12,14H,5-6,9-11H2,1H3,(H,16,17);6-7H,2-5H2,1H3,(H,9,10);7-8H,1-6H2/t12-,14+;6-,7+;/m00./s1. The molecule has 4 rings (SSSR count). The monoisotopic (exact) mass is 503 g/mol. The minimum absolute atomic E-state index is 0.0521. The number of hydrogen-bond donors (Lipinski definition) is 3. The molecule has 0 aliphatic heterocycles. The lowest BCUT2D eigenvalue weighted by atomic mass is 9.83. The van der Waals surface area contributed by atoms with Crippen LogP contribution in [0.1, 0.15) is 103 Å². The first-order valence-corrected chi connectivity index (χ1v) is 14.2. The zero-order chi connectivity index (χ0) is 26.2. The van der Waals surface area contributed by atoms with Gasteiger partial charge in [0.25, 0.3) is 0 Å². The highest BCUT2D eigenvalue weighted by molar-refractivity contribution is 5.70. The molecule has 3 N–H and O–H groups in total. The molecule has 0 saturated heterocycles. The van der Waals surface area contributed by atoms with Crippen LogP contribution in [0.15, 0.2) is 30.3 Å². The van der Waals surface area contributed by atoms with Gasteiger partial charge in [-0.1, -0.05) is 89.1 Å². The van der Waals surface area contributed by atoms with Crippen molar-refractivity contribution in [1.82, 2.24) is 5.32 Å². The van der Waals surface area contributed by atoms with E-state index in [4.69, 9.17) is 14.9 Å². The van der Waals surface area contributed by atoms with E-state index in [1.807, 2.05) is 30.3 Å². The molecule has 4 atom stereocenters. The molecule has 3 fully saturated rings. The van der Waals surface area contributed by atoms with Crippen molar-refractivity contribution < 1.29 is 24.5 Å². The first-order chi connectivity index (χ1) is 17.4. The molecule has 0 heterocycles. The SMILES string of the molecule is C[C@H]1CCC[C@@H](C(=O)O)C1.C[C@H]1CCC[C@@H](NC(=O)OCc2ccccc2)C1.OCC1CCCCC1. The Bertz CT molecular complexity index is 734. The molecule has 0 unspecified atom stereocenters. The molecule has 36 heavy (non-hydrogen) atoms. The highest BCUT2D eigenvalue weighted by Gasteiger charge is 2.24. The number of carbonyl (C=O) groups is 2. The Hall–Kier alpha value is -2.08. The number of rotatable bonds is 5. The average Bonchev–Trinajstić information content (AvgIpc) is 2.89. The van der Waals surface area contributed by atoms with Crippen molar-refractivity contribution in [3.63, 3.8) is 0 Å². The Morgan fingerprint density at radius 2 is 1.50 bits per heavy atom. The van der Waals surface area contributed by atoms with Crippen LogP contribution in [0, 0.1) is 23.7 Å². The fraction of sp³-hybridized carbons (Fsp3) is 0.733. The van der Waals surface area contributed by atoms with Crippen LogP contribution in [0.3, 0.4) is 0 Å². The van der Waals surface area contributed by atoms with E-state index < -0.39 is 5.97 Å². The molecular weight excluding hydrogens is 454 g/mol. The zero-order valence-corrected chi connectivity index (χ0v) is 22.5. The molecule has 1 amide bonds. The summed E-state index contributed by atoms with van der Waals surface area (Å²) in [4.78, 5) is 22.2. The van der Waals surface area contributed by atoms with Gasteiger partial charge < -0.3 is 20.3 Å². The average molecular weight is 504 g/mol. The molecule has 1 aromatic carbocycles. The number of carbonyl (C=O) groups excluding carboxylic acids is 1. The Morgan fingerprint density at radius 3 is 2.03 bits per heavy atom. The summed E-state index contributed by atoms with van der Waals surface area (Å²) >= 11 is 0. The molecule has 6 heteroatoms. The van der Waals surface area contributed by atoms with Gasteiger partial charge in [-0.3, -0.25) is 4.79 Å². The molecule has 0 spiro atoms. The van der Waals surface area contributed by atoms with Gasteiger partial charge in [-0.15, -0.1) is 0 Å². The maximum absolute atomic E-state index is 11.7. The smallest absolute Gasteiger partial charge is 0.407 e. The maximum Gasteiger partial charge on any atom is 0.407 e. The molecule has 3 saturated carbocycles. The molecular formula is C30H49NO5. The van der Waals surface area contributed by atoms with Gasteiger partial charge in [0.1, 0.15) is 6.61 Å². The lowest BCUT2D eigenvalue weighted by Crippen LogP contribution is -2.38. The van der Waals surface area contributed by atoms with E-state index in [1.165, 1.54) is 51.4 Å². The van der Waals surface area contributed by atoms with E-state index >= 15 is 0 Å². The first kappa shape index (κ1) is 30.1. The van der Waals surface area contributed by atoms with Gasteiger partial charge in [-0.05, 0) is 61.8 Å². The topological polar surface area (TPSA) is 95.9 Å². The van der Waals surface area contributed by atoms with Gasteiger partial charge >= 0.3 is 12.1 Å². The Morgan fingerprint density at radius 1 is 0.861 bits per heavy atom. The lowest BCUT2D eigenvalue weighted by Gasteiger charge is -2.27. The van der Waals surface area contributed by atoms with Crippen molar-refractivity contribution in [3.8, 4) is 0 Å². The summed E-state index contributed by atoms with van der Waals surface area (Å²) < 4.78 is 5.22. The van der Waals surface area contributed by atoms with Crippen molar-refractivity contribution in [2.45, 2.75) is 110 Å². The fourth-order valence-electron chi connectivity index (χ4n) is 5.52. The van der Waals surface area contributed by atoms with Crippen molar-refractivity contribution in [2.75, 3.05) is 6.61 Å². The Labute approximate surface area is 218 Å². The van der Waals surface area contributed by atoms with Crippen LogP contribution < -0.4 is 5.32 Å². The lowest BCUT2D eigenvalue weighted by molar-refractivity contribution is -0.143. The van der Waals surface area contributed by atoms with Gasteiger partial charge in [-0.25, -0.2) is 4.79 Å². The number of amides is 1.